The molecule has 79 heavy (non-hydrogen) atoms. The van der Waals surface area contributed by atoms with Crippen molar-refractivity contribution in [3.05, 3.63) is 217 Å². The number of benzene rings is 7. The number of hydrogen-bond acceptors (Lipinski definition) is 8. The first-order valence-electron chi connectivity index (χ1n) is 27.7. The minimum atomic E-state index is -0.416. The Bertz CT molecular complexity index is 3610. The number of aryl methyl sites for hydroxylation is 7. The van der Waals surface area contributed by atoms with Crippen LogP contribution in [0, 0.1) is 0 Å². The highest BCUT2D eigenvalue weighted by atomic mass is 16.5. The molecule has 10 rings (SSSR count). The lowest BCUT2D eigenvalue weighted by Crippen LogP contribution is -2.31. The smallest absolute Gasteiger partial charge is 0.266 e. The van der Waals surface area contributed by atoms with Gasteiger partial charge in [0.05, 0.1) is 39.3 Å². The van der Waals surface area contributed by atoms with Gasteiger partial charge < -0.3 is 9.47 Å². The number of carbonyl (C=O) groups is 6. The minimum Gasteiger partial charge on any atom is -0.457 e. The van der Waals surface area contributed by atoms with Gasteiger partial charge in [0.2, 0.25) is 0 Å². The van der Waals surface area contributed by atoms with Gasteiger partial charge in [0.1, 0.15) is 23.0 Å². The largest absolute Gasteiger partial charge is 0.457 e. The van der Waals surface area contributed by atoms with Crippen LogP contribution in [0.3, 0.4) is 0 Å². The van der Waals surface area contributed by atoms with Gasteiger partial charge in [-0.05, 0) is 173 Å². The molecule has 0 spiro atoms. The molecule has 7 aromatic rings. The van der Waals surface area contributed by atoms with E-state index in [0.29, 0.717) is 102 Å². The topological polar surface area (TPSA) is 131 Å². The summed E-state index contributed by atoms with van der Waals surface area (Å²) in [6, 6.07) is 38.3. The summed E-state index contributed by atoms with van der Waals surface area (Å²) in [5.41, 5.74) is 13.8. The molecule has 400 valence electrons. The highest BCUT2D eigenvalue weighted by Crippen LogP contribution is 2.41. The van der Waals surface area contributed by atoms with Crippen LogP contribution in [0.4, 0.5) is 17.1 Å². The van der Waals surface area contributed by atoms with Gasteiger partial charge >= 0.3 is 0 Å². The average molecular weight is 1050 g/mol. The van der Waals surface area contributed by atoms with Crippen molar-refractivity contribution in [3.63, 3.8) is 0 Å². The van der Waals surface area contributed by atoms with Gasteiger partial charge in [0.15, 0.2) is 0 Å². The van der Waals surface area contributed by atoms with E-state index in [0.717, 1.165) is 62.1 Å². The van der Waals surface area contributed by atoms with E-state index in [1.807, 2.05) is 90.1 Å². The lowest BCUT2D eigenvalue weighted by molar-refractivity contribution is -0.120. The third-order valence-corrected chi connectivity index (χ3v) is 15.9. The van der Waals surface area contributed by atoms with Gasteiger partial charge in [-0.25, -0.2) is 14.7 Å². The molecule has 0 bridgehead atoms. The number of fused-ring (bicyclic) bond motifs is 2. The lowest BCUT2D eigenvalue weighted by Gasteiger charge is -2.26. The summed E-state index contributed by atoms with van der Waals surface area (Å²) in [6.07, 6.45) is 7.97. The predicted octanol–water partition coefficient (Wildman–Crippen LogP) is 14.2. The molecule has 0 aromatic heterocycles. The molecular formula is C68H65N3O8. The van der Waals surface area contributed by atoms with Crippen LogP contribution >= 0.6 is 0 Å². The van der Waals surface area contributed by atoms with E-state index >= 15 is 0 Å². The third kappa shape index (κ3) is 9.66. The summed E-state index contributed by atoms with van der Waals surface area (Å²) in [5.74, 6) is -0.0604. The number of amides is 6. The highest BCUT2D eigenvalue weighted by molar-refractivity contribution is 6.36. The Morgan fingerprint density at radius 3 is 0.975 bits per heavy atom. The molecule has 0 fully saturated rings. The second-order valence-corrected chi connectivity index (χ2v) is 21.0. The average Bonchev–Trinajstić information content (AvgIpc) is 4.23. The minimum absolute atomic E-state index is 0.279. The van der Waals surface area contributed by atoms with E-state index in [1.54, 1.807) is 36.4 Å². The first-order valence-corrected chi connectivity index (χ1v) is 27.7. The van der Waals surface area contributed by atoms with Gasteiger partial charge in [0, 0.05) is 17.6 Å². The Labute approximate surface area is 462 Å². The van der Waals surface area contributed by atoms with Crippen LogP contribution in [-0.4, -0.2) is 35.4 Å². The molecule has 0 saturated heterocycles. The molecule has 0 atom stereocenters. The molecule has 11 nitrogen and oxygen atoms in total. The highest BCUT2D eigenvalue weighted by Gasteiger charge is 2.41. The van der Waals surface area contributed by atoms with Crippen molar-refractivity contribution in [1.82, 2.24) is 0 Å². The molecule has 0 radical (unpaired) electrons. The van der Waals surface area contributed by atoms with E-state index in [9.17, 15) is 28.8 Å². The zero-order valence-electron chi connectivity index (χ0n) is 46.5. The van der Waals surface area contributed by atoms with Crippen LogP contribution in [0.2, 0.25) is 0 Å². The lowest BCUT2D eigenvalue weighted by atomic mass is 9.78. The molecule has 6 amide bonds. The zero-order chi connectivity index (χ0) is 56.0. The molecule has 0 unspecified atom stereocenters. The summed E-state index contributed by atoms with van der Waals surface area (Å²) in [6.45, 7) is 18.6. The maximum absolute atomic E-state index is 14.4. The molecule has 3 aliphatic rings. The zero-order valence-corrected chi connectivity index (χ0v) is 46.5. The molecule has 0 aliphatic carbocycles. The number of imide groups is 3. The summed E-state index contributed by atoms with van der Waals surface area (Å²) in [4.78, 5) is 85.7. The molecule has 0 N–H and O–H groups in total. The van der Waals surface area contributed by atoms with E-state index in [4.69, 9.17) is 9.47 Å². The quantitative estimate of drug-likeness (QED) is 0.0777. The van der Waals surface area contributed by atoms with Crippen molar-refractivity contribution in [3.8, 4) is 23.0 Å². The Balaban J connectivity index is 0.812. The van der Waals surface area contributed by atoms with Crippen LogP contribution < -0.4 is 24.2 Å². The maximum atomic E-state index is 14.4. The number of nitrogens with zero attached hydrogens (tertiary/aromatic N) is 3. The molecule has 7 aromatic carbocycles. The van der Waals surface area contributed by atoms with Crippen molar-refractivity contribution in [2.75, 3.05) is 14.7 Å². The second kappa shape index (κ2) is 21.6. The third-order valence-electron chi connectivity index (χ3n) is 15.9. The predicted molar refractivity (Wildman–Crippen MR) is 310 cm³/mol. The summed E-state index contributed by atoms with van der Waals surface area (Å²) >= 11 is 0. The summed E-state index contributed by atoms with van der Waals surface area (Å²) in [5, 5.41) is 0. The number of hydrogen-bond donors (Lipinski definition) is 0. The van der Waals surface area contributed by atoms with E-state index < -0.39 is 11.3 Å². The van der Waals surface area contributed by atoms with Crippen molar-refractivity contribution in [2.45, 2.75) is 119 Å². The van der Waals surface area contributed by atoms with Crippen molar-refractivity contribution in [2.24, 2.45) is 0 Å². The van der Waals surface area contributed by atoms with Gasteiger partial charge in [-0.2, -0.15) is 0 Å². The van der Waals surface area contributed by atoms with E-state index in [2.05, 4.69) is 57.2 Å². The SMILES string of the molecule is CCc1cc(CC)c(N2C(=O)c3ccc(Oc4ccc(C(C)(C)c5ccc(Oc6ccc7c(c6)C(=O)N(c6c(CC)cc(Cc8cc(CC)c(N9C(=O)C=CC9=O)c(CC)c8)cc6CC)C7=O)cc5)cc4)cc3C2=O)c(CC)c1. The molecule has 0 saturated carbocycles. The number of rotatable bonds is 18. The first kappa shape index (κ1) is 53.7. The van der Waals surface area contributed by atoms with Gasteiger partial charge in [0.25, 0.3) is 35.4 Å². The molecule has 11 heteroatoms. The van der Waals surface area contributed by atoms with Gasteiger partial charge in [-0.15, -0.1) is 0 Å². The summed E-state index contributed by atoms with van der Waals surface area (Å²) in [7, 11) is 0. The van der Waals surface area contributed by atoms with Crippen molar-refractivity contribution < 1.29 is 38.2 Å². The number of carbonyl (C=O) groups excluding carboxylic acids is 6. The van der Waals surface area contributed by atoms with Gasteiger partial charge in [-0.1, -0.05) is 123 Å². The summed E-state index contributed by atoms with van der Waals surface area (Å²) < 4.78 is 12.6. The Kier molecular flexibility index (Phi) is 14.7. The fourth-order valence-electron chi connectivity index (χ4n) is 11.5. The van der Waals surface area contributed by atoms with Crippen LogP contribution in [0.5, 0.6) is 23.0 Å². The van der Waals surface area contributed by atoms with Crippen molar-refractivity contribution in [1.29, 1.82) is 0 Å². The van der Waals surface area contributed by atoms with Crippen LogP contribution in [0.1, 0.15) is 165 Å². The standard InChI is InChI=1S/C68H65N3O8/c1-10-40-32-43(11-2)62(44(12-3)33-40)70-64(74)55-27-25-53(38-57(55)66(70)76)78-51-21-17-49(18-22-51)68(8,9)50-19-23-52(24-20-50)79-54-26-28-56-58(39-54)67(77)71(65(56)75)63-47(15-6)36-42(37-48(63)16-7)31-41-34-45(13-4)61(46(14-5)35-41)69-59(72)29-30-60(69)73/h17-30,32-39H,10-16,31H2,1-9H3. The first-order chi connectivity index (χ1) is 38.0. The monoisotopic (exact) mass is 1050 g/mol. The Morgan fingerprint density at radius 2 is 0.646 bits per heavy atom. The van der Waals surface area contributed by atoms with Crippen molar-refractivity contribution >= 4 is 52.5 Å². The van der Waals surface area contributed by atoms with E-state index in [-0.39, 0.29) is 35.1 Å². The Hall–Kier alpha value is -8.70. The van der Waals surface area contributed by atoms with E-state index in [1.165, 1.54) is 32.4 Å². The molecule has 3 heterocycles. The number of anilines is 3. The number of ether oxygens (including phenoxy) is 2. The van der Waals surface area contributed by atoms with Crippen LogP contribution in [-0.2, 0) is 66.4 Å². The molecular weight excluding hydrogens is 987 g/mol. The van der Waals surface area contributed by atoms with Gasteiger partial charge in [-0.3, -0.25) is 28.8 Å². The van der Waals surface area contributed by atoms with Crippen LogP contribution in [0.25, 0.3) is 0 Å². The maximum Gasteiger partial charge on any atom is 0.266 e. The van der Waals surface area contributed by atoms with Crippen LogP contribution in [0.15, 0.2) is 133 Å². The normalized spacial score (nSPS) is 14.1. The fourth-order valence-corrected chi connectivity index (χ4v) is 11.5. The molecule has 3 aliphatic heterocycles. The Morgan fingerprint density at radius 1 is 0.342 bits per heavy atom. The fraction of sp³-hybridized carbons (Fsp3) is 0.265. The second-order valence-electron chi connectivity index (χ2n) is 21.0.